The molecule has 0 spiro atoms. The van der Waals surface area contributed by atoms with Crippen LogP contribution < -0.4 is 0 Å². The van der Waals surface area contributed by atoms with E-state index < -0.39 is 75.7 Å². The van der Waals surface area contributed by atoms with Crippen LogP contribution in [0.3, 0.4) is 0 Å². The zero-order chi connectivity index (χ0) is 28.3. The van der Waals surface area contributed by atoms with Crippen LogP contribution in [0.4, 0.5) is 61.5 Å². The molecule has 0 aliphatic rings. The van der Waals surface area contributed by atoms with Gasteiger partial charge in [-0.1, -0.05) is 19.1 Å². The molecule has 0 aromatic heterocycles. The molecule has 0 bridgehead atoms. The topological polar surface area (TPSA) is 40.5 Å². The molecule has 2 nitrogen and oxygen atoms in total. The lowest BCUT2D eigenvalue weighted by Crippen LogP contribution is -2.50. The van der Waals surface area contributed by atoms with Crippen molar-refractivity contribution in [1.29, 1.82) is 0 Å². The van der Waals surface area contributed by atoms with Crippen molar-refractivity contribution in [2.75, 3.05) is 0 Å². The van der Waals surface area contributed by atoms with Crippen molar-refractivity contribution in [2.24, 2.45) is 0 Å². The fraction of sp³-hybridized carbons (Fsp3) is 0.400. The van der Waals surface area contributed by atoms with Gasteiger partial charge in [0.15, 0.2) is 0 Å². The third kappa shape index (κ3) is 4.49. The number of phenolic OH excluding ortho intramolecular Hbond substituents is 2. The van der Waals surface area contributed by atoms with E-state index in [0.717, 1.165) is 6.92 Å². The van der Waals surface area contributed by atoms with Crippen LogP contribution in [0.15, 0.2) is 36.4 Å². The number of rotatable bonds is 6. The summed E-state index contributed by atoms with van der Waals surface area (Å²) in [5.74, 6) is -30.5. The highest BCUT2D eigenvalue weighted by molar-refractivity contribution is 5.47. The number of benzene rings is 2. The fourth-order valence-electron chi connectivity index (χ4n) is 3.04. The Bertz CT molecular complexity index is 1030. The molecule has 0 unspecified atom stereocenters. The standard InChI is InChI=1S/C20H12F14O2/c1-8(9-2-4-13(35)11(6-9)15(21,22)17(25,26)19(29,30)31)10-3-5-14(36)12(7-10)16(23,24)18(27,28)20(32,33)34/h2-8,35-36H,1H3. The Hall–Kier alpha value is -2.94. The lowest BCUT2D eigenvalue weighted by molar-refractivity contribution is -0.360. The average molecular weight is 550 g/mol. The summed E-state index contributed by atoms with van der Waals surface area (Å²) < 4.78 is 185. The van der Waals surface area contributed by atoms with Crippen LogP contribution in [0.5, 0.6) is 11.5 Å². The molecule has 0 saturated carbocycles. The van der Waals surface area contributed by atoms with E-state index in [2.05, 4.69) is 0 Å². The molecule has 2 rings (SSSR count). The molecule has 0 amide bonds. The second kappa shape index (κ2) is 8.57. The first-order valence-corrected chi connectivity index (χ1v) is 9.22. The van der Waals surface area contributed by atoms with Gasteiger partial charge in [0.05, 0.1) is 11.1 Å². The van der Waals surface area contributed by atoms with E-state index in [1.54, 1.807) is 0 Å². The van der Waals surface area contributed by atoms with Crippen molar-refractivity contribution in [1.82, 2.24) is 0 Å². The number of alkyl halides is 14. The van der Waals surface area contributed by atoms with E-state index in [1.165, 1.54) is 0 Å². The van der Waals surface area contributed by atoms with Crippen molar-refractivity contribution < 1.29 is 71.7 Å². The smallest absolute Gasteiger partial charge is 0.460 e. The highest BCUT2D eigenvalue weighted by Gasteiger charge is 2.75. The van der Waals surface area contributed by atoms with Gasteiger partial charge in [-0.2, -0.15) is 61.5 Å². The fourth-order valence-corrected chi connectivity index (χ4v) is 3.04. The predicted molar refractivity (Wildman–Crippen MR) is 93.5 cm³/mol. The molecule has 2 aromatic rings. The maximum Gasteiger partial charge on any atom is 0.460 e. The van der Waals surface area contributed by atoms with Crippen molar-refractivity contribution in [3.63, 3.8) is 0 Å². The summed E-state index contributed by atoms with van der Waals surface area (Å²) in [4.78, 5) is 0. The van der Waals surface area contributed by atoms with Gasteiger partial charge < -0.3 is 10.2 Å². The van der Waals surface area contributed by atoms with Crippen LogP contribution in [-0.2, 0) is 11.8 Å². The van der Waals surface area contributed by atoms with E-state index in [0.29, 0.717) is 12.1 Å². The maximum atomic E-state index is 14.1. The molecular weight excluding hydrogens is 538 g/mol. The lowest BCUT2D eigenvalue weighted by atomic mass is 9.87. The summed E-state index contributed by atoms with van der Waals surface area (Å²) in [5, 5.41) is 19.0. The summed E-state index contributed by atoms with van der Waals surface area (Å²) in [6.45, 7) is 0.909. The second-order valence-corrected chi connectivity index (χ2v) is 7.57. The highest BCUT2D eigenvalue weighted by Crippen LogP contribution is 2.55. The van der Waals surface area contributed by atoms with Gasteiger partial charge in [-0.15, -0.1) is 0 Å². The van der Waals surface area contributed by atoms with Crippen molar-refractivity contribution in [2.45, 2.75) is 48.9 Å². The molecule has 0 aliphatic heterocycles. The summed E-state index contributed by atoms with van der Waals surface area (Å²) in [6.07, 6.45) is -13.5. The monoisotopic (exact) mass is 550 g/mol. The Morgan fingerprint density at radius 2 is 0.806 bits per heavy atom. The molecule has 0 heterocycles. The van der Waals surface area contributed by atoms with Crippen molar-refractivity contribution >= 4 is 0 Å². The molecular formula is C20H12F14O2. The Balaban J connectivity index is 2.63. The Morgan fingerprint density at radius 3 is 1.06 bits per heavy atom. The molecule has 0 radical (unpaired) electrons. The minimum atomic E-state index is -6.77. The quantitative estimate of drug-likeness (QED) is 0.360. The third-order valence-corrected chi connectivity index (χ3v) is 5.22. The SMILES string of the molecule is CC(c1ccc(O)c(C(F)(F)C(F)(F)C(F)(F)F)c1)c1ccc(O)c(C(F)(F)C(F)(F)C(F)(F)F)c1. The van der Waals surface area contributed by atoms with Crippen LogP contribution >= 0.6 is 0 Å². The van der Waals surface area contributed by atoms with Gasteiger partial charge in [0.1, 0.15) is 11.5 Å². The normalized spacial score (nSPS) is 14.4. The number of hydrogen-bond donors (Lipinski definition) is 2. The van der Waals surface area contributed by atoms with Gasteiger partial charge in [-0.25, -0.2) is 0 Å². The molecule has 36 heavy (non-hydrogen) atoms. The van der Waals surface area contributed by atoms with E-state index >= 15 is 0 Å². The highest BCUT2D eigenvalue weighted by atomic mass is 19.4. The van der Waals surface area contributed by atoms with E-state index in [9.17, 15) is 71.7 Å². The largest absolute Gasteiger partial charge is 0.507 e. The summed E-state index contributed by atoms with van der Waals surface area (Å²) in [6, 6.07) is 1.76. The summed E-state index contributed by atoms with van der Waals surface area (Å²) in [5.41, 5.74) is -5.80. The number of phenols is 2. The first-order chi connectivity index (χ1) is 15.9. The number of halogens is 14. The number of hydrogen-bond acceptors (Lipinski definition) is 2. The molecule has 2 aromatic carbocycles. The van der Waals surface area contributed by atoms with Crippen LogP contribution in [0.25, 0.3) is 0 Å². The van der Waals surface area contributed by atoms with E-state index in [-0.39, 0.29) is 24.3 Å². The van der Waals surface area contributed by atoms with Gasteiger partial charge >= 0.3 is 36.0 Å². The molecule has 2 N–H and O–H groups in total. The Labute approximate surface area is 191 Å². The Kier molecular flexibility index (Phi) is 6.98. The van der Waals surface area contributed by atoms with E-state index in [4.69, 9.17) is 0 Å². The molecule has 0 aliphatic carbocycles. The van der Waals surface area contributed by atoms with Gasteiger partial charge in [0, 0.05) is 5.92 Å². The minimum Gasteiger partial charge on any atom is -0.507 e. The minimum absolute atomic E-state index is 0.0470. The lowest BCUT2D eigenvalue weighted by Gasteiger charge is -2.30. The predicted octanol–water partition coefficient (Wildman–Crippen LogP) is 7.83. The first kappa shape index (κ1) is 29.3. The zero-order valence-electron chi connectivity index (χ0n) is 17.2. The van der Waals surface area contributed by atoms with Gasteiger partial charge in [0.25, 0.3) is 0 Å². The van der Waals surface area contributed by atoms with Gasteiger partial charge in [-0.05, 0) is 35.4 Å². The average Bonchev–Trinajstić information content (AvgIpc) is 2.71. The maximum absolute atomic E-state index is 14.1. The third-order valence-electron chi connectivity index (χ3n) is 5.22. The molecule has 16 heteroatoms. The van der Waals surface area contributed by atoms with Crippen molar-refractivity contribution in [3.8, 4) is 11.5 Å². The van der Waals surface area contributed by atoms with Crippen molar-refractivity contribution in [3.05, 3.63) is 58.7 Å². The summed E-state index contributed by atoms with van der Waals surface area (Å²) in [7, 11) is 0. The van der Waals surface area contributed by atoms with Crippen LogP contribution in [0.2, 0.25) is 0 Å². The molecule has 0 fully saturated rings. The van der Waals surface area contributed by atoms with Gasteiger partial charge in [-0.3, -0.25) is 0 Å². The van der Waals surface area contributed by atoms with Crippen LogP contribution in [0, 0.1) is 0 Å². The second-order valence-electron chi connectivity index (χ2n) is 7.57. The van der Waals surface area contributed by atoms with Gasteiger partial charge in [0.2, 0.25) is 0 Å². The Morgan fingerprint density at radius 1 is 0.528 bits per heavy atom. The first-order valence-electron chi connectivity index (χ1n) is 9.22. The van der Waals surface area contributed by atoms with Crippen LogP contribution in [-0.4, -0.2) is 34.4 Å². The molecule has 0 atom stereocenters. The van der Waals surface area contributed by atoms with E-state index in [1.807, 2.05) is 0 Å². The summed E-state index contributed by atoms with van der Waals surface area (Å²) >= 11 is 0. The molecule has 202 valence electrons. The zero-order valence-corrected chi connectivity index (χ0v) is 17.2. The number of aromatic hydroxyl groups is 2. The van der Waals surface area contributed by atoms with Crippen LogP contribution in [0.1, 0.15) is 35.1 Å². The molecule has 0 saturated heterocycles.